The van der Waals surface area contributed by atoms with Crippen LogP contribution in [0.4, 0.5) is 0 Å². The van der Waals surface area contributed by atoms with E-state index >= 15 is 0 Å². The van der Waals surface area contributed by atoms with Gasteiger partial charge in [-0.2, -0.15) is 0 Å². The van der Waals surface area contributed by atoms with E-state index in [2.05, 4.69) is 6.92 Å². The topological polar surface area (TPSA) is 76.0 Å². The highest BCUT2D eigenvalue weighted by atomic mass is 16.5. The number of allylic oxidation sites excluding steroid dienone is 4. The van der Waals surface area contributed by atoms with E-state index in [9.17, 15) is 15.0 Å². The summed E-state index contributed by atoms with van der Waals surface area (Å²) in [7, 11) is 3.17. The summed E-state index contributed by atoms with van der Waals surface area (Å²) in [5.74, 6) is 1.50. The Bertz CT molecular complexity index is 1280. The summed E-state index contributed by atoms with van der Waals surface area (Å²) >= 11 is 0. The highest BCUT2D eigenvalue weighted by Gasteiger charge is 2.22. The molecule has 0 aromatic heterocycles. The average molecular weight is 471 g/mol. The van der Waals surface area contributed by atoms with Crippen molar-refractivity contribution in [3.8, 4) is 22.6 Å². The Morgan fingerprint density at radius 1 is 0.800 bits per heavy atom. The predicted octanol–water partition coefficient (Wildman–Crippen LogP) is 5.59. The minimum Gasteiger partial charge on any atom is -0.496 e. The van der Waals surface area contributed by atoms with Crippen molar-refractivity contribution in [2.45, 2.75) is 26.6 Å². The number of hydrogen-bond acceptors (Lipinski definition) is 5. The second-order valence-corrected chi connectivity index (χ2v) is 8.70. The molecular weight excluding hydrogens is 440 g/mol. The van der Waals surface area contributed by atoms with Gasteiger partial charge in [-0.1, -0.05) is 55.5 Å². The first-order chi connectivity index (χ1) is 17.0. The number of methoxy groups -OCH3 is 2. The number of aliphatic hydroxyl groups excluding tert-OH is 2. The fourth-order valence-corrected chi connectivity index (χ4v) is 4.57. The van der Waals surface area contributed by atoms with Crippen LogP contribution < -0.4 is 9.47 Å². The smallest absolute Gasteiger partial charge is 0.189 e. The number of aliphatic hydroxyl groups is 2. The maximum Gasteiger partial charge on any atom is 0.189 e. The van der Waals surface area contributed by atoms with E-state index in [1.807, 2.05) is 72.8 Å². The van der Waals surface area contributed by atoms with Crippen LogP contribution in [-0.2, 0) is 13.2 Å². The molecule has 0 spiro atoms. The average Bonchev–Trinajstić information content (AvgIpc) is 2.91. The van der Waals surface area contributed by atoms with Crippen molar-refractivity contribution in [2.24, 2.45) is 5.92 Å². The molecule has 3 aromatic carbocycles. The normalized spacial score (nSPS) is 15.3. The van der Waals surface area contributed by atoms with Gasteiger partial charge in [-0.25, -0.2) is 0 Å². The van der Waals surface area contributed by atoms with Crippen LogP contribution in [0.2, 0.25) is 0 Å². The Morgan fingerprint density at radius 2 is 1.34 bits per heavy atom. The largest absolute Gasteiger partial charge is 0.496 e. The summed E-state index contributed by atoms with van der Waals surface area (Å²) in [6, 6.07) is 19.0. The summed E-state index contributed by atoms with van der Waals surface area (Å²) < 4.78 is 10.6. The lowest BCUT2D eigenvalue weighted by molar-refractivity contribution is 0.102. The van der Waals surface area contributed by atoms with E-state index in [0.717, 1.165) is 39.0 Å². The minimum atomic E-state index is -0.104. The van der Waals surface area contributed by atoms with Crippen LogP contribution in [0.5, 0.6) is 11.5 Å². The molecule has 1 aliphatic carbocycles. The molecule has 0 bridgehead atoms. The Labute approximate surface area is 206 Å². The number of carbonyl (C=O) groups is 1. The molecule has 1 unspecified atom stereocenters. The van der Waals surface area contributed by atoms with Crippen molar-refractivity contribution in [1.29, 1.82) is 0 Å². The van der Waals surface area contributed by atoms with Gasteiger partial charge in [0.1, 0.15) is 11.5 Å². The van der Waals surface area contributed by atoms with Gasteiger partial charge in [-0.05, 0) is 58.9 Å². The number of benzene rings is 3. The Kier molecular flexibility index (Phi) is 7.49. The van der Waals surface area contributed by atoms with Crippen LogP contribution in [0.15, 0.2) is 78.4 Å². The number of ketones is 1. The van der Waals surface area contributed by atoms with E-state index < -0.39 is 0 Å². The van der Waals surface area contributed by atoms with E-state index in [0.29, 0.717) is 23.5 Å². The van der Waals surface area contributed by atoms with Crippen molar-refractivity contribution in [1.82, 2.24) is 0 Å². The Morgan fingerprint density at radius 3 is 1.89 bits per heavy atom. The van der Waals surface area contributed by atoms with Crippen LogP contribution in [0, 0.1) is 5.92 Å². The van der Waals surface area contributed by atoms with Gasteiger partial charge in [0.25, 0.3) is 0 Å². The molecule has 0 saturated heterocycles. The van der Waals surface area contributed by atoms with Gasteiger partial charge < -0.3 is 19.7 Å². The van der Waals surface area contributed by atoms with Crippen LogP contribution in [0.3, 0.4) is 0 Å². The molecule has 0 saturated carbocycles. The Hall–Kier alpha value is -3.67. The van der Waals surface area contributed by atoms with Gasteiger partial charge in [0.15, 0.2) is 5.78 Å². The number of ether oxygens (including phenoxy) is 2. The van der Waals surface area contributed by atoms with Crippen molar-refractivity contribution < 1.29 is 24.5 Å². The number of carbonyl (C=O) groups excluding carboxylic acids is 1. The lowest BCUT2D eigenvalue weighted by Gasteiger charge is -2.22. The molecule has 3 aromatic rings. The van der Waals surface area contributed by atoms with Gasteiger partial charge in [-0.15, -0.1) is 0 Å². The van der Waals surface area contributed by atoms with Crippen molar-refractivity contribution in [3.05, 3.63) is 101 Å². The molecule has 0 heterocycles. The summed E-state index contributed by atoms with van der Waals surface area (Å²) in [6.07, 6.45) is 4.56. The molecule has 4 rings (SSSR count). The zero-order valence-electron chi connectivity index (χ0n) is 20.2. The summed E-state index contributed by atoms with van der Waals surface area (Å²) in [5.41, 5.74) is 6.96. The van der Waals surface area contributed by atoms with E-state index in [1.165, 1.54) is 0 Å². The van der Waals surface area contributed by atoms with Gasteiger partial charge in [-0.3, -0.25) is 4.79 Å². The van der Waals surface area contributed by atoms with Crippen molar-refractivity contribution >= 4 is 11.4 Å². The third kappa shape index (κ3) is 5.06. The molecule has 5 nitrogen and oxygen atoms in total. The second kappa shape index (κ2) is 10.7. The lowest BCUT2D eigenvalue weighted by Crippen LogP contribution is -2.12. The standard InChI is InChI=1S/C30H30O5/c1-19-14-24(8-11-27(19)23-10-13-29(35-3)26(16-23)18-32)30(33)21-6-4-20(5-7-21)22-9-12-28(34-2)25(15-22)17-31/h4-13,15-16,19,31-32H,14,17-18H2,1-3H3. The number of Topliss-reactive ketones (excluding diaryl/α,β-unsaturated/α-hetero) is 1. The lowest BCUT2D eigenvalue weighted by atomic mass is 9.82. The SMILES string of the molecule is COc1ccc(C2=CC=C(C(=O)c3ccc(-c4ccc(OC)c(CO)c4)cc3)CC2C)cc1CO. The number of rotatable bonds is 8. The van der Waals surface area contributed by atoms with E-state index in [4.69, 9.17) is 9.47 Å². The maximum absolute atomic E-state index is 13.2. The maximum atomic E-state index is 13.2. The highest BCUT2D eigenvalue weighted by Crippen LogP contribution is 2.35. The fraction of sp³-hybridized carbons (Fsp3) is 0.233. The first kappa shape index (κ1) is 24.5. The molecular formula is C30H30O5. The van der Waals surface area contributed by atoms with Gasteiger partial charge in [0.05, 0.1) is 27.4 Å². The van der Waals surface area contributed by atoms with Gasteiger partial charge >= 0.3 is 0 Å². The first-order valence-corrected chi connectivity index (χ1v) is 11.6. The quantitative estimate of drug-likeness (QED) is 0.420. The van der Waals surface area contributed by atoms with Crippen LogP contribution in [-0.4, -0.2) is 30.2 Å². The predicted molar refractivity (Wildman–Crippen MR) is 137 cm³/mol. The van der Waals surface area contributed by atoms with Gasteiger partial charge in [0.2, 0.25) is 0 Å². The fourth-order valence-electron chi connectivity index (χ4n) is 4.57. The molecule has 1 aliphatic rings. The van der Waals surface area contributed by atoms with Crippen molar-refractivity contribution in [2.75, 3.05) is 14.2 Å². The second-order valence-electron chi connectivity index (χ2n) is 8.70. The first-order valence-electron chi connectivity index (χ1n) is 11.6. The summed E-state index contributed by atoms with van der Waals surface area (Å²) in [4.78, 5) is 13.2. The molecule has 5 heteroatoms. The zero-order valence-corrected chi connectivity index (χ0v) is 20.2. The minimum absolute atomic E-state index is 0.0234. The molecule has 2 N–H and O–H groups in total. The van der Waals surface area contributed by atoms with E-state index in [1.54, 1.807) is 14.2 Å². The van der Waals surface area contributed by atoms with Crippen LogP contribution >= 0.6 is 0 Å². The molecule has 1 atom stereocenters. The summed E-state index contributed by atoms with van der Waals surface area (Å²) in [5, 5.41) is 19.2. The van der Waals surface area contributed by atoms with Crippen molar-refractivity contribution in [3.63, 3.8) is 0 Å². The monoisotopic (exact) mass is 470 g/mol. The number of hydrogen-bond donors (Lipinski definition) is 2. The Balaban J connectivity index is 1.55. The third-order valence-electron chi connectivity index (χ3n) is 6.53. The van der Waals surface area contributed by atoms with Gasteiger partial charge in [0, 0.05) is 22.3 Å². The molecule has 180 valence electrons. The molecule has 0 aliphatic heterocycles. The molecule has 0 radical (unpaired) electrons. The summed E-state index contributed by atoms with van der Waals surface area (Å²) in [6.45, 7) is 1.92. The highest BCUT2D eigenvalue weighted by molar-refractivity contribution is 6.09. The molecule has 0 fully saturated rings. The molecule has 0 amide bonds. The zero-order chi connectivity index (χ0) is 24.9. The van der Waals surface area contributed by atoms with Crippen LogP contribution in [0.25, 0.3) is 16.7 Å². The molecule has 35 heavy (non-hydrogen) atoms. The third-order valence-corrected chi connectivity index (χ3v) is 6.53. The van der Waals surface area contributed by atoms with Crippen LogP contribution in [0.1, 0.15) is 40.4 Å². The van der Waals surface area contributed by atoms with E-state index in [-0.39, 0.29) is 24.9 Å².